The average Bonchev–Trinajstić information content (AvgIpc) is 3.09. The summed E-state index contributed by atoms with van der Waals surface area (Å²) in [6, 6.07) is 7.30. The molecular weight excluding hydrogens is 394 g/mol. The van der Waals surface area contributed by atoms with E-state index in [0.717, 1.165) is 22.7 Å². The van der Waals surface area contributed by atoms with Crippen molar-refractivity contribution >= 4 is 60.2 Å². The van der Waals surface area contributed by atoms with Gasteiger partial charge in [-0.25, -0.2) is 0 Å². The van der Waals surface area contributed by atoms with E-state index in [1.807, 2.05) is 6.92 Å². The maximum Gasteiger partial charge on any atom is 0.294 e. The standard InChI is InChI=1S/C13H10ClN3O4S3/c1-2-16-9-4-3-8(17(18)19)7-10(9)22-13(16)15-24(20,21)12-6-5-11(14)23-12/h3-7H,2H2,1H3/b15-13-. The van der Waals surface area contributed by atoms with Gasteiger partial charge in [0.15, 0.2) is 0 Å². The predicted molar refractivity (Wildman–Crippen MR) is 94.2 cm³/mol. The molecule has 24 heavy (non-hydrogen) atoms. The van der Waals surface area contributed by atoms with Crippen molar-refractivity contribution in [3.63, 3.8) is 0 Å². The third-order valence-electron chi connectivity index (χ3n) is 3.19. The zero-order valence-corrected chi connectivity index (χ0v) is 15.4. The van der Waals surface area contributed by atoms with Gasteiger partial charge < -0.3 is 4.57 Å². The number of sulfonamides is 1. The number of thiazole rings is 1. The highest BCUT2D eigenvalue weighted by molar-refractivity contribution is 7.92. The summed E-state index contributed by atoms with van der Waals surface area (Å²) in [5, 5.41) is 10.9. The fourth-order valence-electron chi connectivity index (χ4n) is 2.14. The van der Waals surface area contributed by atoms with Gasteiger partial charge in [0.2, 0.25) is 4.80 Å². The van der Waals surface area contributed by atoms with E-state index >= 15 is 0 Å². The van der Waals surface area contributed by atoms with Gasteiger partial charge in [-0.2, -0.15) is 8.42 Å². The Morgan fingerprint density at radius 2 is 2.04 bits per heavy atom. The Labute approximate surface area is 149 Å². The summed E-state index contributed by atoms with van der Waals surface area (Å²) in [6.07, 6.45) is 0. The third-order valence-corrected chi connectivity index (χ3v) is 7.32. The summed E-state index contributed by atoms with van der Waals surface area (Å²) >= 11 is 7.81. The van der Waals surface area contributed by atoms with E-state index in [9.17, 15) is 18.5 Å². The number of benzene rings is 1. The first-order chi connectivity index (χ1) is 11.3. The molecule has 0 amide bonds. The van der Waals surface area contributed by atoms with Gasteiger partial charge in [-0.15, -0.1) is 15.7 Å². The van der Waals surface area contributed by atoms with Gasteiger partial charge in [0.05, 0.1) is 19.5 Å². The van der Waals surface area contributed by atoms with Gasteiger partial charge in [0.25, 0.3) is 15.7 Å². The molecule has 1 aromatic carbocycles. The van der Waals surface area contributed by atoms with Crippen molar-refractivity contribution in [2.75, 3.05) is 0 Å². The molecule has 0 radical (unpaired) electrons. The molecule has 11 heteroatoms. The van der Waals surface area contributed by atoms with Gasteiger partial charge >= 0.3 is 0 Å². The van der Waals surface area contributed by atoms with Crippen LogP contribution in [0.5, 0.6) is 0 Å². The molecular formula is C13H10ClN3O4S3. The van der Waals surface area contributed by atoms with E-state index in [1.54, 1.807) is 10.6 Å². The number of fused-ring (bicyclic) bond motifs is 1. The van der Waals surface area contributed by atoms with Crippen LogP contribution in [0.15, 0.2) is 38.9 Å². The molecule has 0 saturated carbocycles. The smallest absolute Gasteiger partial charge is 0.294 e. The summed E-state index contributed by atoms with van der Waals surface area (Å²) in [7, 11) is -3.88. The summed E-state index contributed by atoms with van der Waals surface area (Å²) in [4.78, 5) is 10.7. The zero-order chi connectivity index (χ0) is 17.5. The number of halogens is 1. The second-order valence-corrected chi connectivity index (χ2v) is 9.22. The van der Waals surface area contributed by atoms with Crippen LogP contribution in [0.1, 0.15) is 6.92 Å². The van der Waals surface area contributed by atoms with Crippen molar-refractivity contribution in [2.24, 2.45) is 4.40 Å². The highest BCUT2D eigenvalue weighted by Crippen LogP contribution is 2.27. The molecule has 0 atom stereocenters. The maximum absolute atomic E-state index is 12.4. The second-order valence-electron chi connectivity index (χ2n) is 4.66. The van der Waals surface area contributed by atoms with Crippen molar-refractivity contribution < 1.29 is 13.3 Å². The van der Waals surface area contributed by atoms with Gasteiger partial charge in [-0.3, -0.25) is 10.1 Å². The van der Waals surface area contributed by atoms with Gasteiger partial charge in [-0.05, 0) is 25.1 Å². The topological polar surface area (TPSA) is 94.6 Å². The molecule has 0 aliphatic carbocycles. The van der Waals surface area contributed by atoms with Crippen LogP contribution in [0, 0.1) is 10.1 Å². The molecule has 0 fully saturated rings. The van der Waals surface area contributed by atoms with Crippen LogP contribution < -0.4 is 4.80 Å². The molecule has 0 N–H and O–H groups in total. The zero-order valence-electron chi connectivity index (χ0n) is 12.2. The number of nitro benzene ring substituents is 1. The Bertz CT molecular complexity index is 1110. The minimum absolute atomic E-state index is 0.0496. The van der Waals surface area contributed by atoms with E-state index in [-0.39, 0.29) is 14.7 Å². The predicted octanol–water partition coefficient (Wildman–Crippen LogP) is 3.64. The molecule has 0 saturated heterocycles. The van der Waals surface area contributed by atoms with Crippen LogP contribution in [0.25, 0.3) is 10.2 Å². The highest BCUT2D eigenvalue weighted by atomic mass is 35.5. The fraction of sp³-hybridized carbons (Fsp3) is 0.154. The molecule has 3 aromatic rings. The monoisotopic (exact) mass is 403 g/mol. The minimum atomic E-state index is -3.88. The lowest BCUT2D eigenvalue weighted by molar-refractivity contribution is -0.384. The molecule has 7 nitrogen and oxygen atoms in total. The first-order valence-corrected chi connectivity index (χ1v) is 10.1. The normalized spacial score (nSPS) is 12.8. The third kappa shape index (κ3) is 3.09. The van der Waals surface area contributed by atoms with E-state index < -0.39 is 14.9 Å². The molecule has 126 valence electrons. The van der Waals surface area contributed by atoms with E-state index in [0.29, 0.717) is 21.1 Å². The van der Waals surface area contributed by atoms with Crippen molar-refractivity contribution in [2.45, 2.75) is 17.7 Å². The second kappa shape index (κ2) is 6.28. The van der Waals surface area contributed by atoms with E-state index in [4.69, 9.17) is 11.6 Å². The number of nitro groups is 1. The van der Waals surface area contributed by atoms with E-state index in [2.05, 4.69) is 4.40 Å². The maximum atomic E-state index is 12.4. The van der Waals surface area contributed by atoms with Crippen LogP contribution in [0.3, 0.4) is 0 Å². The number of aromatic nitrogens is 1. The number of hydrogen-bond acceptors (Lipinski definition) is 6. The number of hydrogen-bond donors (Lipinski definition) is 0. The number of nitrogens with zero attached hydrogens (tertiary/aromatic N) is 3. The molecule has 0 unspecified atom stereocenters. The lowest BCUT2D eigenvalue weighted by Crippen LogP contribution is -2.15. The Morgan fingerprint density at radius 1 is 1.29 bits per heavy atom. The van der Waals surface area contributed by atoms with E-state index in [1.165, 1.54) is 24.3 Å². The molecule has 0 aliphatic rings. The fourth-order valence-corrected chi connectivity index (χ4v) is 5.93. The molecule has 0 bridgehead atoms. The molecule has 0 spiro atoms. The van der Waals surface area contributed by atoms with Gasteiger partial charge in [-0.1, -0.05) is 22.9 Å². The van der Waals surface area contributed by atoms with Crippen molar-refractivity contribution in [3.05, 3.63) is 49.6 Å². The van der Waals surface area contributed by atoms with Crippen LogP contribution >= 0.6 is 34.3 Å². The minimum Gasteiger partial charge on any atom is -0.316 e. The quantitative estimate of drug-likeness (QED) is 0.490. The van der Waals surface area contributed by atoms with Crippen molar-refractivity contribution in [1.29, 1.82) is 0 Å². The average molecular weight is 404 g/mol. The number of non-ortho nitro benzene ring substituents is 1. The van der Waals surface area contributed by atoms with Crippen LogP contribution in [0.2, 0.25) is 4.34 Å². The Balaban J connectivity index is 2.23. The highest BCUT2D eigenvalue weighted by Gasteiger charge is 2.17. The first kappa shape index (κ1) is 17.1. The van der Waals surface area contributed by atoms with Crippen molar-refractivity contribution in [3.8, 4) is 0 Å². The van der Waals surface area contributed by atoms with Crippen LogP contribution in [0.4, 0.5) is 5.69 Å². The largest absolute Gasteiger partial charge is 0.316 e. The molecule has 2 heterocycles. The Hall–Kier alpha value is -1.75. The Kier molecular flexibility index (Phi) is 4.47. The Morgan fingerprint density at radius 3 is 2.62 bits per heavy atom. The summed E-state index contributed by atoms with van der Waals surface area (Å²) in [5.41, 5.74) is 0.651. The number of rotatable bonds is 4. The van der Waals surface area contributed by atoms with Gasteiger partial charge in [0, 0.05) is 18.7 Å². The molecule has 2 aromatic heterocycles. The SMILES string of the molecule is CCn1/c(=N/S(=O)(=O)c2ccc(Cl)s2)sc2cc([N+](=O)[O-])ccc21. The van der Waals surface area contributed by atoms with Crippen LogP contribution in [-0.4, -0.2) is 17.9 Å². The first-order valence-electron chi connectivity index (χ1n) is 6.66. The lowest BCUT2D eigenvalue weighted by atomic mass is 10.3. The van der Waals surface area contributed by atoms with Crippen molar-refractivity contribution in [1.82, 2.24) is 4.57 Å². The van der Waals surface area contributed by atoms with Gasteiger partial charge in [0.1, 0.15) is 4.21 Å². The summed E-state index contributed by atoms with van der Waals surface area (Å²) in [6.45, 7) is 2.33. The number of aryl methyl sites for hydroxylation is 1. The summed E-state index contributed by atoms with van der Waals surface area (Å²) in [5.74, 6) is 0. The molecule has 3 rings (SSSR count). The summed E-state index contributed by atoms with van der Waals surface area (Å²) < 4.78 is 31.4. The number of thiophene rings is 1. The van der Waals surface area contributed by atoms with Crippen LogP contribution in [-0.2, 0) is 16.6 Å². The molecule has 0 aliphatic heterocycles. The lowest BCUT2D eigenvalue weighted by Gasteiger charge is -2.00.